The molecular weight excluding hydrogens is 239 g/mol. The first kappa shape index (κ1) is 11.4. The van der Waals surface area contributed by atoms with E-state index in [9.17, 15) is 14.6 Å². The summed E-state index contributed by atoms with van der Waals surface area (Å²) < 4.78 is 13.8. The minimum atomic E-state index is -0.997. The highest BCUT2D eigenvalue weighted by atomic mass is 19.1. The zero-order valence-corrected chi connectivity index (χ0v) is 9.39. The average molecular weight is 252 g/mol. The maximum absolute atomic E-state index is 13.8. The highest BCUT2D eigenvalue weighted by Crippen LogP contribution is 2.30. The maximum atomic E-state index is 13.8. The monoisotopic (exact) mass is 252 g/mol. The zero-order chi connectivity index (χ0) is 12.9. The number of nitrogens with zero attached hydrogens (tertiary/aromatic N) is 3. The molecule has 2 aliphatic heterocycles. The Hall–Kier alpha value is -1.73. The van der Waals surface area contributed by atoms with Gasteiger partial charge in [-0.3, -0.25) is 4.99 Å². The molecular formula is C11H13FN4O2. The molecule has 0 amide bonds. The standard InChI is InChI=1S/C11H13FN4O2/c12-5-3-14-11(13)8-9(5)16(4-15-8)6-1-2-7(17)10(6)18/h1-4,6-10,17-18H,(H2,13,14)/t6-,7-,8?,9?,10+/m1/s1. The van der Waals surface area contributed by atoms with Crippen LogP contribution >= 0.6 is 0 Å². The molecule has 7 heteroatoms. The van der Waals surface area contributed by atoms with Crippen molar-refractivity contribution >= 4 is 12.2 Å². The Morgan fingerprint density at radius 1 is 1.33 bits per heavy atom. The molecule has 1 aliphatic carbocycles. The second kappa shape index (κ2) is 3.89. The van der Waals surface area contributed by atoms with Crippen molar-refractivity contribution < 1.29 is 14.6 Å². The number of aliphatic imine (C=N–C) groups is 2. The lowest BCUT2D eigenvalue weighted by Crippen LogP contribution is -2.52. The van der Waals surface area contributed by atoms with E-state index in [4.69, 9.17) is 5.73 Å². The Labute approximate surface area is 103 Å². The fourth-order valence-electron chi connectivity index (χ4n) is 2.48. The van der Waals surface area contributed by atoms with Gasteiger partial charge in [0.05, 0.1) is 18.6 Å². The summed E-state index contributed by atoms with van der Waals surface area (Å²) in [5.74, 6) is -0.203. The van der Waals surface area contributed by atoms with Gasteiger partial charge in [-0.2, -0.15) is 0 Å². The van der Waals surface area contributed by atoms with Gasteiger partial charge in [0, 0.05) is 0 Å². The van der Waals surface area contributed by atoms with Crippen LogP contribution in [0.15, 0.2) is 34.2 Å². The molecule has 3 aliphatic rings. The number of aliphatic hydroxyl groups excluding tert-OH is 2. The number of amidine groups is 1. The van der Waals surface area contributed by atoms with Crippen LogP contribution in [-0.2, 0) is 0 Å². The minimum absolute atomic E-state index is 0.247. The van der Waals surface area contributed by atoms with E-state index in [0.29, 0.717) is 0 Å². The predicted molar refractivity (Wildman–Crippen MR) is 63.7 cm³/mol. The number of hydrogen-bond acceptors (Lipinski definition) is 6. The van der Waals surface area contributed by atoms with Crippen molar-refractivity contribution in [1.29, 1.82) is 0 Å². The Balaban J connectivity index is 1.89. The zero-order valence-electron chi connectivity index (χ0n) is 9.39. The van der Waals surface area contributed by atoms with Gasteiger partial charge >= 0.3 is 0 Å². The van der Waals surface area contributed by atoms with Crippen LogP contribution < -0.4 is 5.73 Å². The van der Waals surface area contributed by atoms with E-state index >= 15 is 0 Å². The van der Waals surface area contributed by atoms with Crippen LogP contribution in [0.5, 0.6) is 0 Å². The molecule has 96 valence electrons. The van der Waals surface area contributed by atoms with E-state index < -0.39 is 36.2 Å². The first-order chi connectivity index (χ1) is 8.59. The van der Waals surface area contributed by atoms with E-state index in [2.05, 4.69) is 9.98 Å². The molecule has 0 aromatic rings. The molecule has 0 spiro atoms. The van der Waals surface area contributed by atoms with Crippen molar-refractivity contribution in [3.63, 3.8) is 0 Å². The van der Waals surface area contributed by atoms with Crippen LogP contribution in [0.4, 0.5) is 4.39 Å². The topological polar surface area (TPSA) is 94.4 Å². The van der Waals surface area contributed by atoms with Gasteiger partial charge in [0.2, 0.25) is 0 Å². The second-order valence-electron chi connectivity index (χ2n) is 4.53. The van der Waals surface area contributed by atoms with E-state index in [1.165, 1.54) is 12.4 Å². The van der Waals surface area contributed by atoms with Crippen LogP contribution in [0.3, 0.4) is 0 Å². The minimum Gasteiger partial charge on any atom is -0.388 e. The Morgan fingerprint density at radius 2 is 2.11 bits per heavy atom. The van der Waals surface area contributed by atoms with E-state index in [1.807, 2.05) is 0 Å². The van der Waals surface area contributed by atoms with Gasteiger partial charge < -0.3 is 20.8 Å². The third-order valence-corrected chi connectivity index (χ3v) is 3.45. The van der Waals surface area contributed by atoms with Gasteiger partial charge in [-0.25, -0.2) is 9.38 Å². The normalized spacial score (nSPS) is 41.9. The molecule has 2 unspecified atom stereocenters. The molecule has 0 fully saturated rings. The van der Waals surface area contributed by atoms with Gasteiger partial charge in [-0.15, -0.1) is 0 Å². The molecule has 0 bridgehead atoms. The van der Waals surface area contributed by atoms with E-state index in [1.54, 1.807) is 11.0 Å². The first-order valence-corrected chi connectivity index (χ1v) is 5.63. The Bertz CT molecular complexity index is 487. The lowest BCUT2D eigenvalue weighted by molar-refractivity contribution is 0.0220. The van der Waals surface area contributed by atoms with Gasteiger partial charge in [-0.1, -0.05) is 12.2 Å². The SMILES string of the molecule is NC1=NC=C(F)C2C1N=CN2[C@@H]1C=C[C@@H](O)[C@H]1O. The van der Waals surface area contributed by atoms with Crippen molar-refractivity contribution in [2.45, 2.75) is 30.3 Å². The summed E-state index contributed by atoms with van der Waals surface area (Å²) >= 11 is 0. The largest absolute Gasteiger partial charge is 0.388 e. The molecule has 0 aromatic heterocycles. The van der Waals surface area contributed by atoms with Crippen LogP contribution in [0, 0.1) is 0 Å². The lowest BCUT2D eigenvalue weighted by Gasteiger charge is -2.34. The van der Waals surface area contributed by atoms with Crippen LogP contribution in [0.1, 0.15) is 0 Å². The fourth-order valence-corrected chi connectivity index (χ4v) is 2.48. The highest BCUT2D eigenvalue weighted by molar-refractivity contribution is 5.91. The molecule has 4 N–H and O–H groups in total. The quantitative estimate of drug-likeness (QED) is 0.517. The molecule has 2 heterocycles. The highest BCUT2D eigenvalue weighted by Gasteiger charge is 2.44. The molecule has 0 saturated heterocycles. The fraction of sp³-hybridized carbons (Fsp3) is 0.455. The number of nitrogens with two attached hydrogens (primary N) is 1. The summed E-state index contributed by atoms with van der Waals surface area (Å²) in [5.41, 5.74) is 5.67. The third-order valence-electron chi connectivity index (χ3n) is 3.45. The van der Waals surface area contributed by atoms with Gasteiger partial charge in [0.25, 0.3) is 0 Å². The number of fused-ring (bicyclic) bond motifs is 1. The van der Waals surface area contributed by atoms with Crippen molar-refractivity contribution in [3.05, 3.63) is 24.2 Å². The summed E-state index contributed by atoms with van der Waals surface area (Å²) in [6.45, 7) is 0. The third kappa shape index (κ3) is 1.48. The maximum Gasteiger partial charge on any atom is 0.143 e. The molecule has 5 atom stereocenters. The summed E-state index contributed by atoms with van der Waals surface area (Å²) in [4.78, 5) is 9.41. The molecule has 3 rings (SSSR count). The first-order valence-electron chi connectivity index (χ1n) is 5.63. The molecule has 18 heavy (non-hydrogen) atoms. The van der Waals surface area contributed by atoms with Crippen molar-refractivity contribution in [2.24, 2.45) is 15.7 Å². The molecule has 0 radical (unpaired) electrons. The average Bonchev–Trinajstić information content (AvgIpc) is 2.91. The van der Waals surface area contributed by atoms with E-state index in [0.717, 1.165) is 6.20 Å². The van der Waals surface area contributed by atoms with Gasteiger partial charge in [0.1, 0.15) is 36.0 Å². The molecule has 0 saturated carbocycles. The van der Waals surface area contributed by atoms with E-state index in [-0.39, 0.29) is 5.84 Å². The van der Waals surface area contributed by atoms with Gasteiger partial charge in [0.15, 0.2) is 0 Å². The van der Waals surface area contributed by atoms with Crippen molar-refractivity contribution in [2.75, 3.05) is 0 Å². The number of hydrogen-bond donors (Lipinski definition) is 3. The van der Waals surface area contributed by atoms with Crippen LogP contribution in [0.25, 0.3) is 0 Å². The predicted octanol–water partition coefficient (Wildman–Crippen LogP) is -1.09. The van der Waals surface area contributed by atoms with Crippen molar-refractivity contribution in [3.8, 4) is 0 Å². The second-order valence-corrected chi connectivity index (χ2v) is 4.53. The smallest absolute Gasteiger partial charge is 0.143 e. The van der Waals surface area contributed by atoms with Crippen LogP contribution in [-0.4, -0.2) is 57.6 Å². The van der Waals surface area contributed by atoms with Crippen molar-refractivity contribution in [1.82, 2.24) is 4.90 Å². The summed E-state index contributed by atoms with van der Waals surface area (Å²) in [6.07, 6.45) is 3.70. The number of rotatable bonds is 1. The Morgan fingerprint density at radius 3 is 2.78 bits per heavy atom. The van der Waals surface area contributed by atoms with Gasteiger partial charge in [-0.05, 0) is 0 Å². The number of aliphatic hydroxyl groups is 2. The summed E-state index contributed by atoms with van der Waals surface area (Å²) in [7, 11) is 0. The summed E-state index contributed by atoms with van der Waals surface area (Å²) in [5, 5.41) is 19.3. The lowest BCUT2D eigenvalue weighted by atomic mass is 10.0. The Kier molecular flexibility index (Phi) is 2.46. The van der Waals surface area contributed by atoms with Crippen LogP contribution in [0.2, 0.25) is 0 Å². The summed E-state index contributed by atoms with van der Waals surface area (Å²) in [6, 6.07) is -1.76. The molecule has 6 nitrogen and oxygen atoms in total. The molecule has 0 aromatic carbocycles. The number of halogens is 1.